The van der Waals surface area contributed by atoms with Crippen LogP contribution in [0.3, 0.4) is 0 Å². The Morgan fingerprint density at radius 1 is 1.46 bits per heavy atom. The SMILES string of the molecule is COc1cccc(-c2cc(CNC(=O)N3CCC[C@@H](CSC)C3)no2)c1. The van der Waals surface area contributed by atoms with E-state index < -0.39 is 0 Å². The van der Waals surface area contributed by atoms with Gasteiger partial charge in [0.05, 0.1) is 13.7 Å². The van der Waals surface area contributed by atoms with Crippen LogP contribution in [0.25, 0.3) is 11.3 Å². The van der Waals surface area contributed by atoms with Crippen molar-refractivity contribution < 1.29 is 14.1 Å². The number of likely N-dealkylation sites (tertiary alicyclic amines) is 1. The smallest absolute Gasteiger partial charge is 0.317 e. The predicted molar refractivity (Wildman–Crippen MR) is 103 cm³/mol. The number of carbonyl (C=O) groups excluding carboxylic acids is 1. The highest BCUT2D eigenvalue weighted by atomic mass is 32.2. The maximum Gasteiger partial charge on any atom is 0.317 e. The van der Waals surface area contributed by atoms with Gasteiger partial charge >= 0.3 is 6.03 Å². The summed E-state index contributed by atoms with van der Waals surface area (Å²) in [7, 11) is 1.63. The van der Waals surface area contributed by atoms with Crippen molar-refractivity contribution in [2.75, 3.05) is 32.2 Å². The lowest BCUT2D eigenvalue weighted by atomic mass is 10.0. The number of carbonyl (C=O) groups is 1. The highest BCUT2D eigenvalue weighted by molar-refractivity contribution is 7.98. The van der Waals surface area contributed by atoms with E-state index in [0.29, 0.717) is 23.9 Å². The van der Waals surface area contributed by atoms with E-state index in [1.807, 2.05) is 47.0 Å². The summed E-state index contributed by atoms with van der Waals surface area (Å²) < 4.78 is 10.6. The zero-order valence-electron chi connectivity index (χ0n) is 15.2. The van der Waals surface area contributed by atoms with E-state index in [-0.39, 0.29) is 6.03 Å². The third-order valence-corrected chi connectivity index (χ3v) is 5.35. The fraction of sp³-hybridized carbons (Fsp3) is 0.474. The summed E-state index contributed by atoms with van der Waals surface area (Å²) in [6.07, 6.45) is 4.39. The number of methoxy groups -OCH3 is 1. The molecule has 2 amide bonds. The molecule has 26 heavy (non-hydrogen) atoms. The fourth-order valence-corrected chi connectivity index (χ4v) is 3.95. The first-order valence-corrected chi connectivity index (χ1v) is 10.2. The Bertz CT molecular complexity index is 732. The molecule has 1 atom stereocenters. The number of piperidine rings is 1. The molecule has 140 valence electrons. The number of benzene rings is 1. The van der Waals surface area contributed by atoms with Gasteiger partial charge in [0.25, 0.3) is 0 Å². The van der Waals surface area contributed by atoms with E-state index in [0.717, 1.165) is 36.6 Å². The number of amides is 2. The summed E-state index contributed by atoms with van der Waals surface area (Å²) in [5.74, 6) is 3.12. The van der Waals surface area contributed by atoms with Crippen LogP contribution < -0.4 is 10.1 Å². The Labute approximate surface area is 158 Å². The minimum absolute atomic E-state index is 0.0262. The second kappa shape index (κ2) is 8.98. The molecule has 0 spiro atoms. The van der Waals surface area contributed by atoms with Gasteiger partial charge in [-0.25, -0.2) is 4.79 Å². The number of ether oxygens (including phenoxy) is 1. The summed E-state index contributed by atoms with van der Waals surface area (Å²) in [4.78, 5) is 14.3. The zero-order chi connectivity index (χ0) is 18.4. The molecule has 1 N–H and O–H groups in total. The molecule has 1 aliphatic heterocycles. The molecule has 7 heteroatoms. The fourth-order valence-electron chi connectivity index (χ4n) is 3.21. The molecule has 0 bridgehead atoms. The van der Waals surface area contributed by atoms with Gasteiger partial charge in [0.2, 0.25) is 0 Å². The van der Waals surface area contributed by atoms with Crippen molar-refractivity contribution in [1.29, 1.82) is 0 Å². The standard InChI is InChI=1S/C19H25N3O3S/c1-24-17-7-3-6-15(9-17)18-10-16(21-25-18)11-20-19(23)22-8-4-5-14(12-22)13-26-2/h3,6-7,9-10,14H,4-5,8,11-13H2,1-2H3,(H,20,23)/t14-/m1/s1. The van der Waals surface area contributed by atoms with E-state index >= 15 is 0 Å². The lowest BCUT2D eigenvalue weighted by Gasteiger charge is -2.32. The Kier molecular flexibility index (Phi) is 6.44. The molecule has 2 heterocycles. The molecule has 0 unspecified atom stereocenters. The molecule has 1 aliphatic rings. The van der Waals surface area contributed by atoms with Gasteiger partial charge in [0.15, 0.2) is 5.76 Å². The molecule has 0 radical (unpaired) electrons. The lowest BCUT2D eigenvalue weighted by Crippen LogP contribution is -2.45. The topological polar surface area (TPSA) is 67.6 Å². The molecule has 6 nitrogen and oxygen atoms in total. The summed E-state index contributed by atoms with van der Waals surface area (Å²) in [6.45, 7) is 2.02. The van der Waals surface area contributed by atoms with E-state index in [4.69, 9.17) is 9.26 Å². The van der Waals surface area contributed by atoms with Crippen LogP contribution in [0.1, 0.15) is 18.5 Å². The summed E-state index contributed by atoms with van der Waals surface area (Å²) >= 11 is 1.85. The minimum Gasteiger partial charge on any atom is -0.497 e. The average molecular weight is 375 g/mol. The van der Waals surface area contributed by atoms with Gasteiger partial charge < -0.3 is 19.5 Å². The predicted octanol–water partition coefficient (Wildman–Crippen LogP) is 3.63. The van der Waals surface area contributed by atoms with Gasteiger partial charge in [-0.3, -0.25) is 0 Å². The van der Waals surface area contributed by atoms with Crippen molar-refractivity contribution in [2.45, 2.75) is 19.4 Å². The molecule has 0 saturated carbocycles. The van der Waals surface area contributed by atoms with Crippen LogP contribution in [0.2, 0.25) is 0 Å². The van der Waals surface area contributed by atoms with Gasteiger partial charge in [-0.1, -0.05) is 17.3 Å². The summed E-state index contributed by atoms with van der Waals surface area (Å²) in [6, 6.07) is 9.43. The van der Waals surface area contributed by atoms with E-state index in [9.17, 15) is 4.79 Å². The van der Waals surface area contributed by atoms with Crippen molar-refractivity contribution >= 4 is 17.8 Å². The number of hydrogen-bond donors (Lipinski definition) is 1. The van der Waals surface area contributed by atoms with Crippen LogP contribution in [-0.4, -0.2) is 48.3 Å². The normalized spacial score (nSPS) is 17.2. The molecular formula is C19H25N3O3S. The Morgan fingerprint density at radius 2 is 2.35 bits per heavy atom. The monoisotopic (exact) mass is 375 g/mol. The van der Waals surface area contributed by atoms with Gasteiger partial charge in [0, 0.05) is 24.7 Å². The molecule has 2 aromatic rings. The Morgan fingerprint density at radius 3 is 3.15 bits per heavy atom. The van der Waals surface area contributed by atoms with Crippen molar-refractivity contribution in [3.05, 3.63) is 36.0 Å². The van der Waals surface area contributed by atoms with Crippen molar-refractivity contribution in [3.63, 3.8) is 0 Å². The summed E-state index contributed by atoms with van der Waals surface area (Å²) in [5.41, 5.74) is 1.60. The quantitative estimate of drug-likeness (QED) is 0.835. The molecule has 1 aromatic carbocycles. The number of aromatic nitrogens is 1. The van der Waals surface area contributed by atoms with Crippen LogP contribution >= 0.6 is 11.8 Å². The van der Waals surface area contributed by atoms with E-state index in [1.54, 1.807) is 7.11 Å². The maximum absolute atomic E-state index is 12.4. The van der Waals surface area contributed by atoms with E-state index in [2.05, 4.69) is 16.7 Å². The lowest BCUT2D eigenvalue weighted by molar-refractivity contribution is 0.170. The molecule has 0 aliphatic carbocycles. The van der Waals surface area contributed by atoms with Gasteiger partial charge in [-0.15, -0.1) is 0 Å². The van der Waals surface area contributed by atoms with Crippen LogP contribution in [0.15, 0.2) is 34.9 Å². The summed E-state index contributed by atoms with van der Waals surface area (Å²) in [5, 5.41) is 7.01. The second-order valence-corrected chi connectivity index (χ2v) is 7.39. The van der Waals surface area contributed by atoms with Crippen LogP contribution in [0, 0.1) is 5.92 Å². The molecule has 1 aromatic heterocycles. The molecule has 1 saturated heterocycles. The molecular weight excluding hydrogens is 350 g/mol. The first-order chi connectivity index (χ1) is 12.7. The second-order valence-electron chi connectivity index (χ2n) is 6.48. The highest BCUT2D eigenvalue weighted by Crippen LogP contribution is 2.24. The van der Waals surface area contributed by atoms with Crippen molar-refractivity contribution in [3.8, 4) is 17.1 Å². The largest absolute Gasteiger partial charge is 0.497 e. The zero-order valence-corrected chi connectivity index (χ0v) is 16.1. The number of thioether (sulfide) groups is 1. The highest BCUT2D eigenvalue weighted by Gasteiger charge is 2.23. The number of hydrogen-bond acceptors (Lipinski definition) is 5. The average Bonchev–Trinajstić information content (AvgIpc) is 3.16. The third kappa shape index (κ3) is 4.72. The van der Waals surface area contributed by atoms with Crippen LogP contribution in [-0.2, 0) is 6.54 Å². The number of rotatable bonds is 6. The molecule has 3 rings (SSSR count). The van der Waals surface area contributed by atoms with Crippen LogP contribution in [0.5, 0.6) is 5.75 Å². The first-order valence-electron chi connectivity index (χ1n) is 8.81. The minimum atomic E-state index is -0.0262. The first kappa shape index (κ1) is 18.6. The Balaban J connectivity index is 1.55. The van der Waals surface area contributed by atoms with Crippen molar-refractivity contribution in [1.82, 2.24) is 15.4 Å². The van der Waals surface area contributed by atoms with Gasteiger partial charge in [0.1, 0.15) is 11.4 Å². The number of urea groups is 1. The Hall–Kier alpha value is -2.15. The number of nitrogens with one attached hydrogen (secondary N) is 1. The van der Waals surface area contributed by atoms with E-state index in [1.165, 1.54) is 6.42 Å². The van der Waals surface area contributed by atoms with Crippen molar-refractivity contribution in [2.24, 2.45) is 5.92 Å². The molecule has 1 fully saturated rings. The maximum atomic E-state index is 12.4. The van der Waals surface area contributed by atoms with Gasteiger partial charge in [-0.05, 0) is 42.9 Å². The van der Waals surface area contributed by atoms with Gasteiger partial charge in [-0.2, -0.15) is 11.8 Å². The number of nitrogens with zero attached hydrogens (tertiary/aromatic N) is 2. The van der Waals surface area contributed by atoms with Crippen LogP contribution in [0.4, 0.5) is 4.79 Å². The third-order valence-electron chi connectivity index (χ3n) is 4.54.